The van der Waals surface area contributed by atoms with Gasteiger partial charge in [0.15, 0.2) is 0 Å². The Morgan fingerprint density at radius 3 is 3.06 bits per heavy atom. The Morgan fingerprint density at radius 1 is 1.62 bits per heavy atom. The number of hydrogen-bond donors (Lipinski definition) is 1. The highest BCUT2D eigenvalue weighted by Gasteiger charge is 2.40. The van der Waals surface area contributed by atoms with Gasteiger partial charge in [0, 0.05) is 19.0 Å². The van der Waals surface area contributed by atoms with Crippen molar-refractivity contribution < 1.29 is 14.6 Å². The molecular formula is C12H15NO3. The molecule has 16 heavy (non-hydrogen) atoms. The lowest BCUT2D eigenvalue weighted by Gasteiger charge is -2.32. The number of carboxylic acid groups (broad SMARTS) is 1. The van der Waals surface area contributed by atoms with E-state index >= 15 is 0 Å². The molecule has 1 aliphatic rings. The van der Waals surface area contributed by atoms with Crippen LogP contribution in [0.15, 0.2) is 24.5 Å². The third kappa shape index (κ3) is 2.22. The zero-order valence-corrected chi connectivity index (χ0v) is 9.06. The first-order valence-electron chi connectivity index (χ1n) is 5.43. The highest BCUT2D eigenvalue weighted by atomic mass is 16.5. The van der Waals surface area contributed by atoms with E-state index in [2.05, 4.69) is 4.98 Å². The van der Waals surface area contributed by atoms with Crippen molar-refractivity contribution >= 4 is 5.97 Å². The molecule has 1 N–H and O–H groups in total. The smallest absolute Gasteiger partial charge is 0.312 e. The summed E-state index contributed by atoms with van der Waals surface area (Å²) < 4.78 is 5.32. The molecule has 0 bridgehead atoms. The molecule has 1 atom stereocenters. The zero-order chi connectivity index (χ0) is 11.4. The second-order valence-electron chi connectivity index (χ2n) is 4.28. The normalized spacial score (nSPS) is 25.2. The lowest BCUT2D eigenvalue weighted by atomic mass is 9.77. The third-order valence-corrected chi connectivity index (χ3v) is 3.04. The van der Waals surface area contributed by atoms with E-state index in [1.807, 2.05) is 12.1 Å². The average molecular weight is 221 g/mol. The molecule has 0 saturated carbocycles. The molecule has 0 aliphatic carbocycles. The molecule has 4 heteroatoms. The highest BCUT2D eigenvalue weighted by Crippen LogP contribution is 2.32. The number of rotatable bonds is 3. The topological polar surface area (TPSA) is 59.4 Å². The molecule has 0 radical (unpaired) electrons. The molecule has 1 aromatic heterocycles. The van der Waals surface area contributed by atoms with Gasteiger partial charge in [-0.15, -0.1) is 0 Å². The van der Waals surface area contributed by atoms with E-state index < -0.39 is 11.4 Å². The first-order valence-corrected chi connectivity index (χ1v) is 5.43. The lowest BCUT2D eigenvalue weighted by Crippen LogP contribution is -2.41. The van der Waals surface area contributed by atoms with E-state index in [-0.39, 0.29) is 0 Å². The van der Waals surface area contributed by atoms with Gasteiger partial charge in [-0.1, -0.05) is 6.07 Å². The molecule has 2 heterocycles. The van der Waals surface area contributed by atoms with Crippen LogP contribution in [-0.4, -0.2) is 29.3 Å². The number of nitrogens with zero attached hydrogens (tertiary/aromatic N) is 1. The SMILES string of the molecule is O=C(O)C1(Cc2cccnc2)CCCOC1. The summed E-state index contributed by atoms with van der Waals surface area (Å²) in [5.41, 5.74) is 0.191. The minimum absolute atomic E-state index is 0.303. The van der Waals surface area contributed by atoms with Crippen LogP contribution in [-0.2, 0) is 16.0 Å². The van der Waals surface area contributed by atoms with Crippen LogP contribution in [0, 0.1) is 5.41 Å². The molecule has 1 aliphatic heterocycles. The molecule has 1 fully saturated rings. The van der Waals surface area contributed by atoms with E-state index in [1.165, 1.54) is 0 Å². The van der Waals surface area contributed by atoms with Gasteiger partial charge in [0.1, 0.15) is 0 Å². The maximum atomic E-state index is 11.4. The number of aliphatic carboxylic acids is 1. The Balaban J connectivity index is 2.17. The first-order chi connectivity index (χ1) is 7.73. The Hall–Kier alpha value is -1.42. The fourth-order valence-electron chi connectivity index (χ4n) is 2.13. The van der Waals surface area contributed by atoms with E-state index in [1.54, 1.807) is 12.4 Å². The third-order valence-electron chi connectivity index (χ3n) is 3.04. The second kappa shape index (κ2) is 4.61. The van der Waals surface area contributed by atoms with Gasteiger partial charge in [0.25, 0.3) is 0 Å². The van der Waals surface area contributed by atoms with Gasteiger partial charge in [0.2, 0.25) is 0 Å². The van der Waals surface area contributed by atoms with Crippen molar-refractivity contribution in [2.45, 2.75) is 19.3 Å². The van der Waals surface area contributed by atoms with Gasteiger partial charge in [-0.3, -0.25) is 9.78 Å². The van der Waals surface area contributed by atoms with Crippen LogP contribution in [0.4, 0.5) is 0 Å². The number of aromatic nitrogens is 1. The van der Waals surface area contributed by atoms with Gasteiger partial charge in [0.05, 0.1) is 12.0 Å². The van der Waals surface area contributed by atoms with Crippen LogP contribution in [0.2, 0.25) is 0 Å². The lowest BCUT2D eigenvalue weighted by molar-refractivity contribution is -0.157. The minimum Gasteiger partial charge on any atom is -0.481 e. The fraction of sp³-hybridized carbons (Fsp3) is 0.500. The molecule has 1 unspecified atom stereocenters. The summed E-state index contributed by atoms with van der Waals surface area (Å²) in [5, 5.41) is 9.35. The second-order valence-corrected chi connectivity index (χ2v) is 4.28. The number of hydrogen-bond acceptors (Lipinski definition) is 3. The Morgan fingerprint density at radius 2 is 2.50 bits per heavy atom. The monoisotopic (exact) mass is 221 g/mol. The van der Waals surface area contributed by atoms with Gasteiger partial charge in [-0.25, -0.2) is 0 Å². The minimum atomic E-state index is -0.768. The van der Waals surface area contributed by atoms with E-state index in [4.69, 9.17) is 4.74 Å². The van der Waals surface area contributed by atoms with Crippen molar-refractivity contribution in [3.8, 4) is 0 Å². The molecule has 1 aromatic rings. The zero-order valence-electron chi connectivity index (χ0n) is 9.06. The van der Waals surface area contributed by atoms with Crippen molar-refractivity contribution in [3.63, 3.8) is 0 Å². The Labute approximate surface area is 94.3 Å². The van der Waals surface area contributed by atoms with Crippen molar-refractivity contribution in [2.24, 2.45) is 5.41 Å². The summed E-state index contributed by atoms with van der Waals surface area (Å²) in [4.78, 5) is 15.4. The van der Waals surface area contributed by atoms with Crippen molar-refractivity contribution in [1.82, 2.24) is 4.98 Å². The number of pyridine rings is 1. The van der Waals surface area contributed by atoms with E-state index in [0.29, 0.717) is 26.1 Å². The summed E-state index contributed by atoms with van der Waals surface area (Å²) >= 11 is 0. The molecule has 1 saturated heterocycles. The van der Waals surface area contributed by atoms with Crippen molar-refractivity contribution in [2.75, 3.05) is 13.2 Å². The van der Waals surface area contributed by atoms with E-state index in [0.717, 1.165) is 12.0 Å². The Kier molecular flexibility index (Phi) is 3.19. The molecule has 2 rings (SSSR count). The summed E-state index contributed by atoms with van der Waals surface area (Å²) in [6.07, 6.45) is 5.40. The summed E-state index contributed by atoms with van der Waals surface area (Å²) in [6.45, 7) is 0.972. The van der Waals surface area contributed by atoms with Crippen LogP contribution < -0.4 is 0 Å². The van der Waals surface area contributed by atoms with Gasteiger partial charge < -0.3 is 9.84 Å². The molecular weight excluding hydrogens is 206 g/mol. The van der Waals surface area contributed by atoms with Crippen LogP contribution in [0.1, 0.15) is 18.4 Å². The van der Waals surface area contributed by atoms with Crippen LogP contribution in [0.5, 0.6) is 0 Å². The first kappa shape index (κ1) is 11.1. The fourth-order valence-corrected chi connectivity index (χ4v) is 2.13. The maximum absolute atomic E-state index is 11.4. The predicted octanol–water partition coefficient (Wildman–Crippen LogP) is 1.51. The quantitative estimate of drug-likeness (QED) is 0.840. The highest BCUT2D eigenvalue weighted by molar-refractivity contribution is 5.75. The number of carbonyl (C=O) groups is 1. The molecule has 0 aromatic carbocycles. The summed E-state index contributed by atoms with van der Waals surface area (Å²) in [7, 11) is 0. The standard InChI is InChI=1S/C12H15NO3/c14-11(15)12(4-2-6-16-9-12)7-10-3-1-5-13-8-10/h1,3,5,8H,2,4,6-7,9H2,(H,14,15). The number of ether oxygens (including phenoxy) is 1. The predicted molar refractivity (Wildman–Crippen MR) is 58.1 cm³/mol. The average Bonchev–Trinajstić information content (AvgIpc) is 2.31. The van der Waals surface area contributed by atoms with Crippen molar-refractivity contribution in [1.29, 1.82) is 0 Å². The molecule has 0 spiro atoms. The number of carboxylic acids is 1. The van der Waals surface area contributed by atoms with Crippen molar-refractivity contribution in [3.05, 3.63) is 30.1 Å². The Bertz CT molecular complexity index is 358. The van der Waals surface area contributed by atoms with Gasteiger partial charge in [-0.05, 0) is 30.9 Å². The summed E-state index contributed by atoms with van der Waals surface area (Å²) in [5.74, 6) is -0.768. The molecule has 0 amide bonds. The molecule has 4 nitrogen and oxygen atoms in total. The summed E-state index contributed by atoms with van der Waals surface area (Å²) in [6, 6.07) is 3.74. The van der Waals surface area contributed by atoms with Crippen LogP contribution in [0.3, 0.4) is 0 Å². The molecule has 86 valence electrons. The maximum Gasteiger partial charge on any atom is 0.312 e. The van der Waals surface area contributed by atoms with Crippen LogP contribution >= 0.6 is 0 Å². The van der Waals surface area contributed by atoms with E-state index in [9.17, 15) is 9.90 Å². The van der Waals surface area contributed by atoms with Crippen LogP contribution in [0.25, 0.3) is 0 Å². The van der Waals surface area contributed by atoms with Gasteiger partial charge in [-0.2, -0.15) is 0 Å². The largest absolute Gasteiger partial charge is 0.481 e. The van der Waals surface area contributed by atoms with Gasteiger partial charge >= 0.3 is 5.97 Å².